The van der Waals surface area contributed by atoms with E-state index in [2.05, 4.69) is 27.4 Å². The topological polar surface area (TPSA) is 131 Å². The highest BCUT2D eigenvalue weighted by atomic mass is 16.5. The Balaban J connectivity index is 1.78. The van der Waals surface area contributed by atoms with E-state index < -0.39 is 18.6 Å². The number of rotatable bonds is 11. The van der Waals surface area contributed by atoms with E-state index >= 15 is 0 Å². The van der Waals surface area contributed by atoms with Crippen LogP contribution in [0.3, 0.4) is 0 Å². The first-order valence-electron chi connectivity index (χ1n) is 11.5. The molecule has 0 saturated carbocycles. The predicted octanol–water partition coefficient (Wildman–Crippen LogP) is 2.78. The number of nitrogens with zero attached hydrogens (tertiary/aromatic N) is 3. The van der Waals surface area contributed by atoms with Crippen molar-refractivity contribution < 1.29 is 24.2 Å². The monoisotopic (exact) mass is 468 g/mol. The zero-order valence-electron chi connectivity index (χ0n) is 20.1. The summed E-state index contributed by atoms with van der Waals surface area (Å²) in [6.07, 6.45) is 1.69. The summed E-state index contributed by atoms with van der Waals surface area (Å²) >= 11 is 0. The van der Waals surface area contributed by atoms with E-state index in [1.54, 1.807) is 0 Å². The first kappa shape index (κ1) is 25.3. The number of aromatic nitrogens is 3. The molecule has 3 rings (SSSR count). The Morgan fingerprint density at radius 3 is 2.47 bits per heavy atom. The fourth-order valence-electron chi connectivity index (χ4n) is 3.67. The standard InChI is InChI=1S/C25H32N4O5/c1-5-7-20-11-19(9-16(4)27-20)25-29-28-24(34-25)18-8-15(3)23(17(6-2)10-18)33-14-21(31)12-26-22(32)13-30/h8-11,21,30-31H,5-7,12-14H2,1-4H3,(H,26,32)/t21-/m0/s1. The van der Waals surface area contributed by atoms with Crippen molar-refractivity contribution in [2.24, 2.45) is 0 Å². The van der Waals surface area contributed by atoms with E-state index in [4.69, 9.17) is 14.3 Å². The molecule has 0 fully saturated rings. The second-order valence-electron chi connectivity index (χ2n) is 8.21. The SMILES string of the molecule is CCCc1cc(-c2nnc(-c3cc(C)c(OC[C@@H](O)CNC(=O)CO)c(CC)c3)o2)cc(C)n1. The lowest BCUT2D eigenvalue weighted by molar-refractivity contribution is -0.124. The number of aliphatic hydroxyl groups is 2. The molecule has 0 aliphatic rings. The van der Waals surface area contributed by atoms with Gasteiger partial charge in [-0.3, -0.25) is 9.78 Å². The minimum atomic E-state index is -0.904. The van der Waals surface area contributed by atoms with E-state index in [1.165, 1.54) is 0 Å². The summed E-state index contributed by atoms with van der Waals surface area (Å²) in [7, 11) is 0. The van der Waals surface area contributed by atoms with Crippen molar-refractivity contribution >= 4 is 5.91 Å². The van der Waals surface area contributed by atoms with Gasteiger partial charge in [-0.15, -0.1) is 10.2 Å². The minimum absolute atomic E-state index is 0.00278. The molecule has 0 saturated heterocycles. The number of aliphatic hydroxyl groups excluding tert-OH is 2. The third kappa shape index (κ3) is 6.39. The molecule has 0 unspecified atom stereocenters. The van der Waals surface area contributed by atoms with Crippen LogP contribution in [0.1, 0.15) is 42.8 Å². The lowest BCUT2D eigenvalue weighted by Gasteiger charge is -2.17. The van der Waals surface area contributed by atoms with Crippen LogP contribution in [0.25, 0.3) is 22.9 Å². The van der Waals surface area contributed by atoms with E-state index in [-0.39, 0.29) is 13.2 Å². The Morgan fingerprint density at radius 2 is 1.82 bits per heavy atom. The Bertz CT molecular complexity index is 1130. The average Bonchev–Trinajstić information content (AvgIpc) is 3.31. The van der Waals surface area contributed by atoms with Crippen LogP contribution in [0.4, 0.5) is 0 Å². The Kier molecular flexibility index (Phi) is 8.72. The number of carbonyl (C=O) groups excluding carboxylic acids is 1. The fourth-order valence-corrected chi connectivity index (χ4v) is 3.67. The molecule has 1 aromatic carbocycles. The third-order valence-electron chi connectivity index (χ3n) is 5.26. The van der Waals surface area contributed by atoms with Crippen molar-refractivity contribution in [1.29, 1.82) is 0 Å². The van der Waals surface area contributed by atoms with Gasteiger partial charge < -0.3 is 24.7 Å². The summed E-state index contributed by atoms with van der Waals surface area (Å²) < 4.78 is 11.9. The van der Waals surface area contributed by atoms with Gasteiger partial charge in [0.2, 0.25) is 17.7 Å². The molecule has 182 valence electrons. The normalized spacial score (nSPS) is 11.9. The van der Waals surface area contributed by atoms with Crippen LogP contribution < -0.4 is 10.1 Å². The minimum Gasteiger partial charge on any atom is -0.490 e. The van der Waals surface area contributed by atoms with E-state index in [1.807, 2.05) is 45.0 Å². The molecule has 0 aliphatic carbocycles. The maximum Gasteiger partial charge on any atom is 0.248 e. The Labute approximate surface area is 199 Å². The van der Waals surface area contributed by atoms with Gasteiger partial charge in [0.15, 0.2) is 0 Å². The van der Waals surface area contributed by atoms with Gasteiger partial charge in [-0.05, 0) is 62.1 Å². The highest BCUT2D eigenvalue weighted by Gasteiger charge is 2.17. The van der Waals surface area contributed by atoms with E-state index in [9.17, 15) is 9.90 Å². The third-order valence-corrected chi connectivity index (χ3v) is 5.26. The smallest absolute Gasteiger partial charge is 0.248 e. The van der Waals surface area contributed by atoms with Gasteiger partial charge in [-0.1, -0.05) is 20.3 Å². The Morgan fingerprint density at radius 1 is 1.12 bits per heavy atom. The fraction of sp³-hybridized carbons (Fsp3) is 0.440. The van der Waals surface area contributed by atoms with Crippen LogP contribution in [0.15, 0.2) is 28.7 Å². The predicted molar refractivity (Wildman–Crippen MR) is 127 cm³/mol. The van der Waals surface area contributed by atoms with E-state index in [0.717, 1.165) is 46.5 Å². The van der Waals surface area contributed by atoms with Crippen LogP contribution >= 0.6 is 0 Å². The molecular weight excluding hydrogens is 436 g/mol. The summed E-state index contributed by atoms with van der Waals surface area (Å²) in [6.45, 7) is 7.38. The van der Waals surface area contributed by atoms with Gasteiger partial charge in [0.1, 0.15) is 25.1 Å². The van der Waals surface area contributed by atoms with Crippen molar-refractivity contribution in [3.8, 4) is 28.7 Å². The first-order chi connectivity index (χ1) is 16.3. The van der Waals surface area contributed by atoms with Crippen LogP contribution in [0.5, 0.6) is 5.75 Å². The van der Waals surface area contributed by atoms with Crippen molar-refractivity contribution in [2.45, 2.75) is 53.1 Å². The average molecular weight is 469 g/mol. The molecule has 0 bridgehead atoms. The van der Waals surface area contributed by atoms with Gasteiger partial charge in [0, 0.05) is 29.1 Å². The molecule has 2 aromatic heterocycles. The number of carbonyl (C=O) groups is 1. The second-order valence-corrected chi connectivity index (χ2v) is 8.21. The molecule has 1 atom stereocenters. The molecule has 0 spiro atoms. The highest BCUT2D eigenvalue weighted by Crippen LogP contribution is 2.32. The van der Waals surface area contributed by atoms with Crippen LogP contribution in [0.2, 0.25) is 0 Å². The summed E-state index contributed by atoms with van der Waals surface area (Å²) in [6, 6.07) is 7.78. The van der Waals surface area contributed by atoms with Crippen molar-refractivity contribution in [3.05, 3.63) is 46.8 Å². The number of hydrogen-bond donors (Lipinski definition) is 3. The number of amides is 1. The molecule has 3 N–H and O–H groups in total. The second kappa shape index (κ2) is 11.7. The maximum atomic E-state index is 11.1. The number of hydrogen-bond acceptors (Lipinski definition) is 8. The number of aryl methyl sites for hydroxylation is 4. The molecule has 9 heteroatoms. The summed E-state index contributed by atoms with van der Waals surface area (Å²) in [5.74, 6) is 0.989. The largest absolute Gasteiger partial charge is 0.490 e. The van der Waals surface area contributed by atoms with Gasteiger partial charge in [-0.2, -0.15) is 0 Å². The van der Waals surface area contributed by atoms with Gasteiger partial charge in [0.25, 0.3) is 0 Å². The molecule has 34 heavy (non-hydrogen) atoms. The summed E-state index contributed by atoms with van der Waals surface area (Å²) in [5, 5.41) is 29.7. The number of ether oxygens (including phenoxy) is 1. The number of benzene rings is 1. The summed E-state index contributed by atoms with van der Waals surface area (Å²) in [4.78, 5) is 15.7. The van der Waals surface area contributed by atoms with Gasteiger partial charge in [0.05, 0.1) is 0 Å². The quantitative estimate of drug-likeness (QED) is 0.392. The molecular formula is C25H32N4O5. The molecule has 9 nitrogen and oxygen atoms in total. The summed E-state index contributed by atoms with van der Waals surface area (Å²) in [5.41, 5.74) is 5.35. The van der Waals surface area contributed by atoms with Crippen molar-refractivity contribution in [3.63, 3.8) is 0 Å². The molecule has 2 heterocycles. The van der Waals surface area contributed by atoms with Crippen molar-refractivity contribution in [1.82, 2.24) is 20.5 Å². The zero-order valence-corrected chi connectivity index (χ0v) is 20.1. The maximum absolute atomic E-state index is 11.1. The van der Waals surface area contributed by atoms with Crippen LogP contribution in [-0.4, -0.2) is 57.2 Å². The Hall–Kier alpha value is -3.30. The molecule has 3 aromatic rings. The number of pyridine rings is 1. The highest BCUT2D eigenvalue weighted by molar-refractivity contribution is 5.76. The van der Waals surface area contributed by atoms with Crippen LogP contribution in [0, 0.1) is 13.8 Å². The van der Waals surface area contributed by atoms with Crippen molar-refractivity contribution in [2.75, 3.05) is 19.8 Å². The lowest BCUT2D eigenvalue weighted by Crippen LogP contribution is -2.36. The zero-order chi connectivity index (χ0) is 24.7. The van der Waals surface area contributed by atoms with Crippen LogP contribution in [-0.2, 0) is 17.6 Å². The molecule has 0 radical (unpaired) electrons. The van der Waals surface area contributed by atoms with Gasteiger partial charge >= 0.3 is 0 Å². The van der Waals surface area contributed by atoms with E-state index in [0.29, 0.717) is 24.0 Å². The number of nitrogens with one attached hydrogen (secondary N) is 1. The van der Waals surface area contributed by atoms with Gasteiger partial charge in [-0.25, -0.2) is 0 Å². The molecule has 1 amide bonds. The molecule has 0 aliphatic heterocycles. The lowest BCUT2D eigenvalue weighted by atomic mass is 10.0. The first-order valence-corrected chi connectivity index (χ1v) is 11.5.